The molecule has 0 radical (unpaired) electrons. The summed E-state index contributed by atoms with van der Waals surface area (Å²) in [5.74, 6) is -0.537. The van der Waals surface area contributed by atoms with Gasteiger partial charge in [-0.05, 0) is 24.7 Å². The highest BCUT2D eigenvalue weighted by atomic mass is 16.5. The highest BCUT2D eigenvalue weighted by Gasteiger charge is 2.48. The molecule has 1 unspecified atom stereocenters. The second-order valence-electron chi connectivity index (χ2n) is 7.36. The van der Waals surface area contributed by atoms with Crippen molar-refractivity contribution in [1.82, 2.24) is 14.8 Å². The zero-order valence-corrected chi connectivity index (χ0v) is 15.2. The van der Waals surface area contributed by atoms with E-state index in [9.17, 15) is 19.5 Å². The fourth-order valence-corrected chi connectivity index (χ4v) is 4.18. The molecule has 1 amide bonds. The molecule has 1 aromatic heterocycles. The molecule has 1 aromatic rings. The van der Waals surface area contributed by atoms with E-state index in [1.54, 1.807) is 6.92 Å². The Balaban J connectivity index is 1.74. The molecular weight excluding hydrogens is 338 g/mol. The molecule has 8 nitrogen and oxygen atoms in total. The molecule has 26 heavy (non-hydrogen) atoms. The van der Waals surface area contributed by atoms with Crippen LogP contribution in [0.4, 0.5) is 0 Å². The van der Waals surface area contributed by atoms with Crippen LogP contribution in [0.15, 0.2) is 17.1 Å². The maximum Gasteiger partial charge on any atom is 0.320 e. The van der Waals surface area contributed by atoms with E-state index in [1.165, 1.54) is 19.4 Å². The number of carboxylic acid groups (broad SMARTS) is 1. The topological polar surface area (TPSA) is 103 Å². The number of aliphatic carboxylic acids is 1. The van der Waals surface area contributed by atoms with E-state index in [0.717, 1.165) is 12.8 Å². The average molecular weight is 363 g/mol. The second-order valence-corrected chi connectivity index (χ2v) is 7.36. The van der Waals surface area contributed by atoms with Gasteiger partial charge in [0, 0.05) is 51.1 Å². The number of likely N-dealkylation sites (tertiary alicyclic amines) is 2. The lowest BCUT2D eigenvalue weighted by Crippen LogP contribution is -2.43. The number of carbonyl (C=O) groups is 2. The Morgan fingerprint density at radius 3 is 2.62 bits per heavy atom. The van der Waals surface area contributed by atoms with Crippen molar-refractivity contribution in [3.8, 4) is 5.75 Å². The number of piperidine rings is 1. The molecule has 2 aliphatic heterocycles. The number of ether oxygens (including phenoxy) is 1. The highest BCUT2D eigenvalue weighted by Crippen LogP contribution is 2.43. The number of hydrogen-bond donors (Lipinski definition) is 2. The number of H-pyrrole nitrogens is 1. The van der Waals surface area contributed by atoms with Crippen LogP contribution >= 0.6 is 0 Å². The predicted octanol–water partition coefficient (Wildman–Crippen LogP) is 0.671. The largest absolute Gasteiger partial charge is 0.491 e. The molecule has 1 atom stereocenters. The third kappa shape index (κ3) is 3.60. The number of nitrogens with zero attached hydrogens (tertiary/aromatic N) is 2. The first-order valence-corrected chi connectivity index (χ1v) is 8.81. The number of carboxylic acids is 1. The first kappa shape index (κ1) is 18.4. The molecule has 8 heteroatoms. The summed E-state index contributed by atoms with van der Waals surface area (Å²) in [6.07, 6.45) is 3.71. The molecule has 0 saturated carbocycles. The summed E-state index contributed by atoms with van der Waals surface area (Å²) in [7, 11) is 1.43. The third-order valence-electron chi connectivity index (χ3n) is 5.69. The number of nitrogens with one attached hydrogen (secondary N) is 1. The van der Waals surface area contributed by atoms with Gasteiger partial charge in [0.1, 0.15) is 6.04 Å². The van der Waals surface area contributed by atoms with Crippen LogP contribution in [-0.2, 0) is 16.1 Å². The van der Waals surface area contributed by atoms with Crippen molar-refractivity contribution in [3.63, 3.8) is 0 Å². The Labute approximate surface area is 151 Å². The lowest BCUT2D eigenvalue weighted by atomic mass is 9.76. The predicted molar refractivity (Wildman–Crippen MR) is 94.0 cm³/mol. The van der Waals surface area contributed by atoms with E-state index >= 15 is 0 Å². The van der Waals surface area contributed by atoms with Crippen LogP contribution in [0.2, 0.25) is 0 Å². The Bertz CT molecular complexity index is 751. The summed E-state index contributed by atoms with van der Waals surface area (Å²) in [4.78, 5) is 42.0. The summed E-state index contributed by atoms with van der Waals surface area (Å²) in [5.41, 5.74) is 0.360. The second kappa shape index (κ2) is 7.11. The van der Waals surface area contributed by atoms with Crippen LogP contribution in [0.5, 0.6) is 5.75 Å². The van der Waals surface area contributed by atoms with Crippen LogP contribution in [0.25, 0.3) is 0 Å². The first-order chi connectivity index (χ1) is 12.3. The minimum absolute atomic E-state index is 0.0697. The van der Waals surface area contributed by atoms with Crippen LogP contribution in [0.1, 0.15) is 31.9 Å². The fraction of sp³-hybridized carbons (Fsp3) is 0.611. The van der Waals surface area contributed by atoms with Crippen molar-refractivity contribution in [2.75, 3.05) is 26.7 Å². The van der Waals surface area contributed by atoms with Gasteiger partial charge < -0.3 is 19.7 Å². The smallest absolute Gasteiger partial charge is 0.320 e. The van der Waals surface area contributed by atoms with Gasteiger partial charge in [0.25, 0.3) is 0 Å². The first-order valence-electron chi connectivity index (χ1n) is 8.81. The van der Waals surface area contributed by atoms with Gasteiger partial charge in [-0.1, -0.05) is 0 Å². The van der Waals surface area contributed by atoms with Crippen LogP contribution in [0.3, 0.4) is 0 Å². The minimum atomic E-state index is -0.841. The quantitative estimate of drug-likeness (QED) is 0.815. The van der Waals surface area contributed by atoms with Crippen molar-refractivity contribution in [3.05, 3.63) is 28.2 Å². The fourth-order valence-electron chi connectivity index (χ4n) is 4.18. The lowest BCUT2D eigenvalue weighted by Gasteiger charge is -2.39. The number of amides is 1. The Morgan fingerprint density at radius 1 is 1.38 bits per heavy atom. The van der Waals surface area contributed by atoms with Crippen LogP contribution < -0.4 is 10.2 Å². The normalized spacial score (nSPS) is 22.5. The van der Waals surface area contributed by atoms with E-state index in [2.05, 4.69) is 4.98 Å². The van der Waals surface area contributed by atoms with E-state index in [1.807, 2.05) is 9.80 Å². The highest BCUT2D eigenvalue weighted by molar-refractivity contribution is 5.74. The SMILES string of the molecule is COc1c[nH]c(CN2CC3(CCN(C(C)=O)CC3)CC2C(=O)O)cc1=O. The molecule has 2 saturated heterocycles. The van der Waals surface area contributed by atoms with Gasteiger partial charge in [-0.25, -0.2) is 0 Å². The molecule has 0 bridgehead atoms. The standard InChI is InChI=1S/C18H25N3O5/c1-12(22)20-5-3-18(4-6-20)8-14(17(24)25)21(11-18)10-13-7-15(23)16(26-2)9-19-13/h7,9,14H,3-6,8,10-11H2,1-2H3,(H,19,23)(H,24,25). The van der Waals surface area contributed by atoms with Crippen molar-refractivity contribution in [2.45, 2.75) is 38.8 Å². The molecule has 1 spiro atoms. The van der Waals surface area contributed by atoms with Crippen LogP contribution in [-0.4, -0.2) is 64.6 Å². The average Bonchev–Trinajstić information content (AvgIpc) is 2.93. The van der Waals surface area contributed by atoms with Crippen molar-refractivity contribution < 1.29 is 19.4 Å². The third-order valence-corrected chi connectivity index (χ3v) is 5.69. The number of aromatic amines is 1. The van der Waals surface area contributed by atoms with E-state index in [0.29, 0.717) is 38.3 Å². The number of carbonyl (C=O) groups excluding carboxylic acids is 1. The van der Waals surface area contributed by atoms with Gasteiger partial charge in [0.15, 0.2) is 5.75 Å². The zero-order valence-electron chi connectivity index (χ0n) is 15.2. The number of aromatic nitrogens is 1. The number of methoxy groups -OCH3 is 1. The monoisotopic (exact) mass is 363 g/mol. The zero-order chi connectivity index (χ0) is 18.9. The van der Waals surface area contributed by atoms with Crippen LogP contribution in [0, 0.1) is 5.41 Å². The molecule has 3 heterocycles. The molecule has 0 aliphatic carbocycles. The molecule has 142 valence electrons. The Morgan fingerprint density at radius 2 is 2.08 bits per heavy atom. The number of hydrogen-bond acceptors (Lipinski definition) is 5. The number of pyridine rings is 1. The molecule has 2 aliphatic rings. The summed E-state index contributed by atoms with van der Waals surface area (Å²) in [6, 6.07) is 0.880. The summed E-state index contributed by atoms with van der Waals surface area (Å²) >= 11 is 0. The molecule has 2 fully saturated rings. The van der Waals surface area contributed by atoms with Crippen molar-refractivity contribution in [2.24, 2.45) is 5.41 Å². The summed E-state index contributed by atoms with van der Waals surface area (Å²) in [6.45, 7) is 3.95. The van der Waals surface area contributed by atoms with E-state index in [4.69, 9.17) is 4.74 Å². The number of rotatable bonds is 4. The molecular formula is C18H25N3O5. The van der Waals surface area contributed by atoms with E-state index in [-0.39, 0.29) is 22.5 Å². The van der Waals surface area contributed by atoms with Gasteiger partial charge in [0.2, 0.25) is 11.3 Å². The minimum Gasteiger partial charge on any atom is -0.491 e. The summed E-state index contributed by atoms with van der Waals surface area (Å²) in [5, 5.41) is 9.65. The maximum absolute atomic E-state index is 11.9. The maximum atomic E-state index is 11.9. The molecule has 3 rings (SSSR count). The van der Waals surface area contributed by atoms with Gasteiger partial charge >= 0.3 is 5.97 Å². The van der Waals surface area contributed by atoms with E-state index < -0.39 is 12.0 Å². The Kier molecular flexibility index (Phi) is 5.04. The molecule has 0 aromatic carbocycles. The molecule has 2 N–H and O–H groups in total. The van der Waals surface area contributed by atoms with Gasteiger partial charge in [-0.15, -0.1) is 0 Å². The Hall–Kier alpha value is -2.35. The lowest BCUT2D eigenvalue weighted by molar-refractivity contribution is -0.142. The van der Waals surface area contributed by atoms with Crippen molar-refractivity contribution in [1.29, 1.82) is 0 Å². The van der Waals surface area contributed by atoms with Gasteiger partial charge in [0.05, 0.1) is 7.11 Å². The van der Waals surface area contributed by atoms with Crippen molar-refractivity contribution >= 4 is 11.9 Å². The summed E-state index contributed by atoms with van der Waals surface area (Å²) < 4.78 is 4.97. The van der Waals surface area contributed by atoms with Gasteiger partial charge in [-0.3, -0.25) is 19.3 Å². The van der Waals surface area contributed by atoms with Gasteiger partial charge in [-0.2, -0.15) is 0 Å².